The predicted octanol–water partition coefficient (Wildman–Crippen LogP) is 2.96. The topological polar surface area (TPSA) is 72.2 Å². The van der Waals surface area contributed by atoms with E-state index in [0.717, 1.165) is 5.69 Å². The molecule has 0 spiro atoms. The van der Waals surface area contributed by atoms with E-state index in [1.54, 1.807) is 18.2 Å². The number of hydrogen-bond acceptors (Lipinski definition) is 6. The highest BCUT2D eigenvalue weighted by atomic mass is 32.1. The van der Waals surface area contributed by atoms with E-state index in [1.165, 1.54) is 25.6 Å². The first-order valence-corrected chi connectivity index (χ1v) is 7.06. The maximum atomic E-state index is 12.6. The van der Waals surface area contributed by atoms with Crippen LogP contribution >= 0.6 is 11.3 Å². The van der Waals surface area contributed by atoms with Gasteiger partial charge in [-0.1, -0.05) is 0 Å². The summed E-state index contributed by atoms with van der Waals surface area (Å²) in [5.41, 5.74) is 1.14. The van der Waals surface area contributed by atoms with Crippen molar-refractivity contribution in [2.45, 2.75) is 12.8 Å². The normalized spacial score (nSPS) is 11.5. The molecule has 0 aliphatic carbocycles. The largest absolute Gasteiger partial charge is 0.497 e. The molecule has 1 aromatic carbocycles. The van der Waals surface area contributed by atoms with Gasteiger partial charge in [0.1, 0.15) is 16.5 Å². The highest BCUT2D eigenvalue weighted by molar-refractivity contribution is 7.10. The van der Waals surface area contributed by atoms with Crippen LogP contribution in [0.3, 0.4) is 0 Å². The van der Waals surface area contributed by atoms with Crippen molar-refractivity contribution in [1.82, 2.24) is 4.98 Å². The number of benzene rings is 1. The maximum Gasteiger partial charge on any atom is 0.190 e. The van der Waals surface area contributed by atoms with Crippen LogP contribution in [0.5, 0.6) is 11.5 Å². The number of aryl methyl sites for hydroxylation is 1. The average molecular weight is 302 g/mol. The average Bonchev–Trinajstić information content (AvgIpc) is 2.93. The predicted molar refractivity (Wildman–Crippen MR) is 79.1 cm³/mol. The summed E-state index contributed by atoms with van der Waals surface area (Å²) in [6.45, 7) is 1.83. The van der Waals surface area contributed by atoms with Crippen LogP contribution in [0.25, 0.3) is 0 Å². The van der Waals surface area contributed by atoms with Crippen LogP contribution in [0, 0.1) is 18.3 Å². The number of ketones is 1. The zero-order valence-electron chi connectivity index (χ0n) is 11.9. The third-order valence-corrected chi connectivity index (χ3v) is 3.98. The van der Waals surface area contributed by atoms with Crippen LogP contribution < -0.4 is 9.47 Å². The Kier molecular flexibility index (Phi) is 4.55. The van der Waals surface area contributed by atoms with Gasteiger partial charge in [0, 0.05) is 17.1 Å². The molecule has 6 heteroatoms. The Bertz CT molecular complexity index is 703. The van der Waals surface area contributed by atoms with E-state index in [9.17, 15) is 10.1 Å². The molecular formula is C15H14N2O3S. The molecule has 0 amide bonds. The number of methoxy groups -OCH3 is 2. The molecule has 108 valence electrons. The highest BCUT2D eigenvalue weighted by Crippen LogP contribution is 2.30. The van der Waals surface area contributed by atoms with E-state index in [0.29, 0.717) is 22.1 Å². The standard InChI is InChI=1S/C15H14N2O3S/c1-9-8-21-15(17-9)12(7-16)14(18)11-5-4-10(19-2)6-13(11)20-3/h4-6,8,12H,1-3H3. The summed E-state index contributed by atoms with van der Waals surface area (Å²) >= 11 is 1.31. The summed E-state index contributed by atoms with van der Waals surface area (Å²) in [5, 5.41) is 11.6. The van der Waals surface area contributed by atoms with Gasteiger partial charge < -0.3 is 9.47 Å². The van der Waals surface area contributed by atoms with Crippen molar-refractivity contribution in [3.05, 3.63) is 39.8 Å². The lowest BCUT2D eigenvalue weighted by Gasteiger charge is -2.11. The summed E-state index contributed by atoms with van der Waals surface area (Å²) in [6, 6.07) is 6.91. The van der Waals surface area contributed by atoms with Gasteiger partial charge in [-0.25, -0.2) is 4.98 Å². The number of hydrogen-bond donors (Lipinski definition) is 0. The Morgan fingerprint density at radius 1 is 1.38 bits per heavy atom. The van der Waals surface area contributed by atoms with Gasteiger partial charge in [-0.15, -0.1) is 11.3 Å². The molecule has 0 fully saturated rings. The molecule has 0 radical (unpaired) electrons. The summed E-state index contributed by atoms with van der Waals surface area (Å²) < 4.78 is 10.3. The van der Waals surface area contributed by atoms with E-state index in [-0.39, 0.29) is 5.78 Å². The molecule has 0 N–H and O–H groups in total. The third kappa shape index (κ3) is 3.03. The second-order valence-corrected chi connectivity index (χ2v) is 5.21. The van der Waals surface area contributed by atoms with Gasteiger partial charge in [-0.3, -0.25) is 4.79 Å². The number of ether oxygens (including phenoxy) is 2. The van der Waals surface area contributed by atoms with E-state index < -0.39 is 5.92 Å². The SMILES string of the molecule is COc1ccc(C(=O)C(C#N)c2nc(C)cs2)c(OC)c1. The molecule has 0 saturated carbocycles. The van der Waals surface area contributed by atoms with Crippen molar-refractivity contribution in [1.29, 1.82) is 5.26 Å². The fraction of sp³-hybridized carbons (Fsp3) is 0.267. The Labute approximate surface area is 126 Å². The van der Waals surface area contributed by atoms with Crippen molar-refractivity contribution in [3.8, 4) is 17.6 Å². The molecule has 0 bridgehead atoms. The summed E-state index contributed by atoms with van der Waals surface area (Å²) in [7, 11) is 3.01. The molecule has 2 aromatic rings. The molecule has 2 rings (SSSR count). The van der Waals surface area contributed by atoms with Crippen molar-refractivity contribution in [2.75, 3.05) is 14.2 Å². The summed E-state index contributed by atoms with van der Waals surface area (Å²) in [5.74, 6) is -0.285. The van der Waals surface area contributed by atoms with Crippen molar-refractivity contribution in [3.63, 3.8) is 0 Å². The van der Waals surface area contributed by atoms with Gasteiger partial charge in [-0.2, -0.15) is 5.26 Å². The van der Waals surface area contributed by atoms with Crippen molar-refractivity contribution >= 4 is 17.1 Å². The monoisotopic (exact) mass is 302 g/mol. The molecule has 0 aliphatic heterocycles. The number of aromatic nitrogens is 1. The summed E-state index contributed by atoms with van der Waals surface area (Å²) in [4.78, 5) is 16.8. The minimum absolute atomic E-state index is 0.327. The van der Waals surface area contributed by atoms with Crippen LogP contribution in [0.15, 0.2) is 23.6 Å². The zero-order chi connectivity index (χ0) is 15.4. The molecule has 1 aromatic heterocycles. The van der Waals surface area contributed by atoms with Gasteiger partial charge in [0.25, 0.3) is 0 Å². The quantitative estimate of drug-likeness (QED) is 0.794. The maximum absolute atomic E-state index is 12.6. The molecule has 21 heavy (non-hydrogen) atoms. The van der Waals surface area contributed by atoms with Crippen LogP contribution in [0.4, 0.5) is 0 Å². The zero-order valence-corrected chi connectivity index (χ0v) is 12.7. The molecule has 1 heterocycles. The Hall–Kier alpha value is -2.39. The molecule has 0 saturated heterocycles. The first kappa shape index (κ1) is 15.0. The first-order valence-electron chi connectivity index (χ1n) is 6.18. The molecule has 5 nitrogen and oxygen atoms in total. The Morgan fingerprint density at radius 2 is 2.14 bits per heavy atom. The number of Topliss-reactive ketones (excluding diaryl/α,β-unsaturated/α-hetero) is 1. The Balaban J connectivity index is 2.41. The molecular weight excluding hydrogens is 288 g/mol. The van der Waals surface area contributed by atoms with Gasteiger partial charge in [0.05, 0.1) is 25.9 Å². The van der Waals surface area contributed by atoms with E-state index in [1.807, 2.05) is 18.4 Å². The van der Waals surface area contributed by atoms with E-state index in [2.05, 4.69) is 4.98 Å². The van der Waals surface area contributed by atoms with Crippen LogP contribution in [-0.2, 0) is 0 Å². The lowest BCUT2D eigenvalue weighted by Crippen LogP contribution is -2.12. The Morgan fingerprint density at radius 3 is 2.67 bits per heavy atom. The molecule has 0 aliphatic rings. The third-order valence-electron chi connectivity index (χ3n) is 2.95. The lowest BCUT2D eigenvalue weighted by atomic mass is 9.98. The molecule has 1 atom stereocenters. The van der Waals surface area contributed by atoms with Gasteiger partial charge in [-0.05, 0) is 19.1 Å². The minimum atomic E-state index is -0.925. The van der Waals surface area contributed by atoms with E-state index >= 15 is 0 Å². The van der Waals surface area contributed by atoms with Crippen molar-refractivity contribution < 1.29 is 14.3 Å². The highest BCUT2D eigenvalue weighted by Gasteiger charge is 2.27. The lowest BCUT2D eigenvalue weighted by molar-refractivity contribution is 0.0976. The van der Waals surface area contributed by atoms with Crippen molar-refractivity contribution in [2.24, 2.45) is 0 Å². The van der Waals surface area contributed by atoms with Gasteiger partial charge in [0.15, 0.2) is 11.7 Å². The van der Waals surface area contributed by atoms with Crippen LogP contribution in [-0.4, -0.2) is 25.0 Å². The molecule has 1 unspecified atom stereocenters. The fourth-order valence-corrected chi connectivity index (χ4v) is 2.72. The van der Waals surface area contributed by atoms with Crippen LogP contribution in [0.1, 0.15) is 27.0 Å². The fourth-order valence-electron chi connectivity index (χ4n) is 1.89. The van der Waals surface area contributed by atoms with Gasteiger partial charge in [0.2, 0.25) is 0 Å². The minimum Gasteiger partial charge on any atom is -0.497 e. The van der Waals surface area contributed by atoms with E-state index in [4.69, 9.17) is 9.47 Å². The number of carbonyl (C=O) groups excluding carboxylic acids is 1. The second kappa shape index (κ2) is 6.37. The summed E-state index contributed by atoms with van der Waals surface area (Å²) in [6.07, 6.45) is 0. The van der Waals surface area contributed by atoms with Crippen LogP contribution in [0.2, 0.25) is 0 Å². The van der Waals surface area contributed by atoms with Gasteiger partial charge >= 0.3 is 0 Å². The number of rotatable bonds is 5. The number of nitriles is 1. The number of thiazole rings is 1. The number of carbonyl (C=O) groups is 1. The number of nitrogens with zero attached hydrogens (tertiary/aromatic N) is 2. The first-order chi connectivity index (χ1) is 10.1. The second-order valence-electron chi connectivity index (χ2n) is 4.32. The smallest absolute Gasteiger partial charge is 0.190 e.